The molecule has 70 valence electrons. The van der Waals surface area contributed by atoms with Crippen LogP contribution in [0, 0.1) is 5.82 Å². The fourth-order valence-electron chi connectivity index (χ4n) is 1.56. The topological polar surface area (TPSA) is 9.23 Å². The molecule has 0 amide bonds. The molecule has 1 fully saturated rings. The Bertz CT molecular complexity index is 334. The lowest BCUT2D eigenvalue weighted by molar-refractivity contribution is 0.0757. The average Bonchev–Trinajstić information content (AvgIpc) is 2.85. The predicted octanol–water partition coefficient (Wildman–Crippen LogP) is 3.22. The first-order valence-corrected chi connectivity index (χ1v) is 4.98. The first-order valence-electron chi connectivity index (χ1n) is 4.19. The van der Waals surface area contributed by atoms with E-state index in [4.69, 9.17) is 4.74 Å². The van der Waals surface area contributed by atoms with Crippen molar-refractivity contribution in [3.8, 4) is 0 Å². The molecule has 1 aliphatic carbocycles. The molecule has 0 heterocycles. The van der Waals surface area contributed by atoms with Gasteiger partial charge in [0, 0.05) is 17.1 Å². The van der Waals surface area contributed by atoms with E-state index < -0.39 is 0 Å². The van der Waals surface area contributed by atoms with Gasteiger partial charge in [0.25, 0.3) is 0 Å². The molecule has 0 atom stereocenters. The molecule has 1 aliphatic rings. The maximum atomic E-state index is 13.5. The van der Waals surface area contributed by atoms with E-state index in [1.807, 2.05) is 6.07 Å². The van der Waals surface area contributed by atoms with Crippen LogP contribution in [0.3, 0.4) is 0 Å². The number of halogens is 2. The Morgan fingerprint density at radius 3 is 2.62 bits per heavy atom. The molecule has 1 saturated carbocycles. The molecule has 0 unspecified atom stereocenters. The second kappa shape index (κ2) is 3.07. The monoisotopic (exact) mass is 244 g/mol. The molecule has 2 rings (SSSR count). The summed E-state index contributed by atoms with van der Waals surface area (Å²) >= 11 is 3.22. The molecular formula is C10H10BrFO. The van der Waals surface area contributed by atoms with Crippen LogP contribution >= 0.6 is 15.9 Å². The third kappa shape index (κ3) is 1.51. The van der Waals surface area contributed by atoms with E-state index in [9.17, 15) is 4.39 Å². The van der Waals surface area contributed by atoms with Crippen LogP contribution in [-0.2, 0) is 10.3 Å². The van der Waals surface area contributed by atoms with Crippen LogP contribution in [0.5, 0.6) is 0 Å². The summed E-state index contributed by atoms with van der Waals surface area (Å²) in [6.45, 7) is 0. The third-order valence-corrected chi connectivity index (χ3v) is 3.01. The first kappa shape index (κ1) is 9.16. The minimum atomic E-state index is -0.329. The van der Waals surface area contributed by atoms with Crippen molar-refractivity contribution in [2.45, 2.75) is 18.4 Å². The van der Waals surface area contributed by atoms with Gasteiger partial charge >= 0.3 is 0 Å². The highest BCUT2D eigenvalue weighted by atomic mass is 79.9. The summed E-state index contributed by atoms with van der Waals surface area (Å²) in [5, 5.41) is 0. The van der Waals surface area contributed by atoms with E-state index >= 15 is 0 Å². The Hall–Kier alpha value is -0.410. The lowest BCUT2D eigenvalue weighted by Gasteiger charge is -2.14. The van der Waals surface area contributed by atoms with Crippen molar-refractivity contribution < 1.29 is 9.13 Å². The van der Waals surface area contributed by atoms with E-state index in [1.165, 1.54) is 6.07 Å². The summed E-state index contributed by atoms with van der Waals surface area (Å²) in [4.78, 5) is 0. The van der Waals surface area contributed by atoms with Crippen LogP contribution in [0.4, 0.5) is 4.39 Å². The molecule has 0 bridgehead atoms. The maximum absolute atomic E-state index is 13.5. The second-order valence-corrected chi connectivity index (χ2v) is 4.24. The lowest BCUT2D eigenvalue weighted by Crippen LogP contribution is -2.10. The van der Waals surface area contributed by atoms with Crippen molar-refractivity contribution in [3.63, 3.8) is 0 Å². The van der Waals surface area contributed by atoms with Crippen molar-refractivity contribution in [1.29, 1.82) is 0 Å². The van der Waals surface area contributed by atoms with Gasteiger partial charge in [-0.3, -0.25) is 0 Å². The minimum absolute atomic E-state index is 0.186. The van der Waals surface area contributed by atoms with Crippen molar-refractivity contribution in [3.05, 3.63) is 34.1 Å². The van der Waals surface area contributed by atoms with Gasteiger partial charge in [-0.2, -0.15) is 0 Å². The Morgan fingerprint density at radius 2 is 2.15 bits per heavy atom. The molecule has 1 aromatic carbocycles. The molecule has 0 radical (unpaired) electrons. The summed E-state index contributed by atoms with van der Waals surface area (Å²) in [6.07, 6.45) is 1.84. The van der Waals surface area contributed by atoms with Gasteiger partial charge in [0.05, 0.1) is 5.60 Å². The normalized spacial score (nSPS) is 18.7. The summed E-state index contributed by atoms with van der Waals surface area (Å²) in [5.74, 6) is -0.186. The Labute approximate surface area is 85.0 Å². The quantitative estimate of drug-likeness (QED) is 0.777. The molecule has 0 aromatic heterocycles. The lowest BCUT2D eigenvalue weighted by atomic mass is 10.1. The van der Waals surface area contributed by atoms with Crippen LogP contribution < -0.4 is 0 Å². The highest BCUT2D eigenvalue weighted by Gasteiger charge is 2.46. The fourth-order valence-corrected chi connectivity index (χ4v) is 1.89. The number of hydrogen-bond donors (Lipinski definition) is 0. The number of methoxy groups -OCH3 is 1. The van der Waals surface area contributed by atoms with Gasteiger partial charge in [0.2, 0.25) is 0 Å². The van der Waals surface area contributed by atoms with Crippen molar-refractivity contribution in [2.75, 3.05) is 7.11 Å². The van der Waals surface area contributed by atoms with Crippen molar-refractivity contribution in [2.24, 2.45) is 0 Å². The summed E-state index contributed by atoms with van der Waals surface area (Å²) in [5.41, 5.74) is 0.350. The SMILES string of the molecule is COC1(c2ccc(Br)cc2F)CC1. The van der Waals surface area contributed by atoms with E-state index in [2.05, 4.69) is 15.9 Å². The zero-order valence-electron chi connectivity index (χ0n) is 7.31. The van der Waals surface area contributed by atoms with Gasteiger partial charge < -0.3 is 4.74 Å². The van der Waals surface area contributed by atoms with Gasteiger partial charge in [-0.05, 0) is 25.0 Å². The third-order valence-electron chi connectivity index (χ3n) is 2.52. The number of rotatable bonds is 2. The number of benzene rings is 1. The van der Waals surface area contributed by atoms with Gasteiger partial charge in [-0.15, -0.1) is 0 Å². The van der Waals surface area contributed by atoms with Gasteiger partial charge in [0.15, 0.2) is 0 Å². The average molecular weight is 245 g/mol. The number of hydrogen-bond acceptors (Lipinski definition) is 1. The largest absolute Gasteiger partial charge is 0.373 e. The standard InChI is InChI=1S/C10H10BrFO/c1-13-10(4-5-10)8-3-2-7(11)6-9(8)12/h2-3,6H,4-5H2,1H3. The Kier molecular flexibility index (Phi) is 2.16. The molecule has 0 aliphatic heterocycles. The smallest absolute Gasteiger partial charge is 0.130 e. The number of ether oxygens (including phenoxy) is 1. The van der Waals surface area contributed by atoms with Crippen LogP contribution in [0.25, 0.3) is 0 Å². The highest BCUT2D eigenvalue weighted by Crippen LogP contribution is 2.49. The maximum Gasteiger partial charge on any atom is 0.130 e. The van der Waals surface area contributed by atoms with Crippen LogP contribution in [0.1, 0.15) is 18.4 Å². The summed E-state index contributed by atoms with van der Waals surface area (Å²) in [6, 6.07) is 5.11. The van der Waals surface area contributed by atoms with E-state index in [0.717, 1.165) is 17.3 Å². The molecule has 1 aromatic rings. The molecular weight excluding hydrogens is 235 g/mol. The predicted molar refractivity (Wildman–Crippen MR) is 52.0 cm³/mol. The Morgan fingerprint density at radius 1 is 1.46 bits per heavy atom. The fraction of sp³-hybridized carbons (Fsp3) is 0.400. The van der Waals surface area contributed by atoms with Gasteiger partial charge in [0.1, 0.15) is 5.82 Å². The van der Waals surface area contributed by atoms with Gasteiger partial charge in [-0.1, -0.05) is 22.0 Å². The highest BCUT2D eigenvalue weighted by molar-refractivity contribution is 9.10. The molecule has 1 nitrogen and oxygen atoms in total. The molecule has 13 heavy (non-hydrogen) atoms. The zero-order valence-corrected chi connectivity index (χ0v) is 8.90. The zero-order chi connectivity index (χ0) is 9.47. The minimum Gasteiger partial charge on any atom is -0.373 e. The van der Waals surface area contributed by atoms with Crippen molar-refractivity contribution in [1.82, 2.24) is 0 Å². The first-order chi connectivity index (χ1) is 6.18. The molecule has 0 spiro atoms. The van der Waals surface area contributed by atoms with E-state index in [0.29, 0.717) is 5.56 Å². The van der Waals surface area contributed by atoms with E-state index in [1.54, 1.807) is 13.2 Å². The van der Waals surface area contributed by atoms with Crippen LogP contribution in [-0.4, -0.2) is 7.11 Å². The van der Waals surface area contributed by atoms with Crippen molar-refractivity contribution >= 4 is 15.9 Å². The molecule has 0 saturated heterocycles. The van der Waals surface area contributed by atoms with Gasteiger partial charge in [-0.25, -0.2) is 4.39 Å². The van der Waals surface area contributed by atoms with Crippen LogP contribution in [0.15, 0.2) is 22.7 Å². The molecule has 0 N–H and O–H groups in total. The summed E-state index contributed by atoms with van der Waals surface area (Å²) in [7, 11) is 1.63. The molecule has 3 heteroatoms. The summed E-state index contributed by atoms with van der Waals surface area (Å²) < 4.78 is 19.5. The second-order valence-electron chi connectivity index (χ2n) is 3.32. The van der Waals surface area contributed by atoms with Crippen LogP contribution in [0.2, 0.25) is 0 Å². The van der Waals surface area contributed by atoms with E-state index in [-0.39, 0.29) is 11.4 Å². The Balaban J connectivity index is 2.41.